The van der Waals surface area contributed by atoms with Crippen molar-refractivity contribution in [3.63, 3.8) is 0 Å². The first-order valence-electron chi connectivity index (χ1n) is 9.81. The first-order chi connectivity index (χ1) is 12.4. The van der Waals surface area contributed by atoms with E-state index in [1.165, 1.54) is 24.2 Å². The van der Waals surface area contributed by atoms with Crippen LogP contribution in [0, 0.1) is 11.8 Å². The standard InChI is InChI=1S/C19H35N3O4/c1-4-5-11-16(13-22(26)14-23)18(24)20-17(19(25)21(2)3)12-15-9-7-6-8-10-15/h14-17,26H,4-13H2,1-3H3,(H,20,24)/t16-,17-/m0/s1. The Balaban J connectivity index is 2.78. The molecule has 3 amide bonds. The maximum Gasteiger partial charge on any atom is 0.244 e. The molecule has 0 radical (unpaired) electrons. The van der Waals surface area contributed by atoms with E-state index >= 15 is 0 Å². The number of hydrogen-bond acceptors (Lipinski definition) is 4. The van der Waals surface area contributed by atoms with Gasteiger partial charge in [0.1, 0.15) is 6.04 Å². The maximum atomic E-state index is 12.7. The lowest BCUT2D eigenvalue weighted by atomic mass is 9.84. The van der Waals surface area contributed by atoms with Crippen molar-refractivity contribution in [2.75, 3.05) is 20.6 Å². The summed E-state index contributed by atoms with van der Waals surface area (Å²) in [7, 11) is 3.39. The van der Waals surface area contributed by atoms with Crippen LogP contribution < -0.4 is 5.32 Å². The van der Waals surface area contributed by atoms with Crippen LogP contribution in [0.3, 0.4) is 0 Å². The SMILES string of the molecule is CCCC[C@@H](CN(O)C=O)C(=O)N[C@@H](CC1CCCCC1)C(=O)N(C)C. The minimum Gasteiger partial charge on any atom is -0.347 e. The molecule has 1 saturated carbocycles. The van der Waals surface area contributed by atoms with Crippen LogP contribution in [0.4, 0.5) is 0 Å². The van der Waals surface area contributed by atoms with E-state index in [9.17, 15) is 19.6 Å². The predicted molar refractivity (Wildman–Crippen MR) is 99.4 cm³/mol. The molecule has 0 unspecified atom stereocenters. The lowest BCUT2D eigenvalue weighted by molar-refractivity contribution is -0.155. The fourth-order valence-electron chi connectivity index (χ4n) is 3.60. The van der Waals surface area contributed by atoms with E-state index in [1.54, 1.807) is 14.1 Å². The highest BCUT2D eigenvalue weighted by molar-refractivity contribution is 5.88. The fraction of sp³-hybridized carbons (Fsp3) is 0.842. The molecule has 150 valence electrons. The molecular formula is C19H35N3O4. The van der Waals surface area contributed by atoms with E-state index in [2.05, 4.69) is 5.32 Å². The fourth-order valence-corrected chi connectivity index (χ4v) is 3.60. The number of unbranched alkanes of at least 4 members (excludes halogenated alkanes) is 1. The molecule has 7 heteroatoms. The number of nitrogens with zero attached hydrogens (tertiary/aromatic N) is 2. The monoisotopic (exact) mass is 369 g/mol. The van der Waals surface area contributed by atoms with Gasteiger partial charge in [0.25, 0.3) is 0 Å². The molecule has 0 bridgehead atoms. The molecule has 0 aromatic rings. The summed E-state index contributed by atoms with van der Waals surface area (Å²) in [6.45, 7) is 1.97. The summed E-state index contributed by atoms with van der Waals surface area (Å²) in [6.07, 6.45) is 9.06. The Kier molecular flexibility index (Phi) is 10.2. The lowest BCUT2D eigenvalue weighted by Crippen LogP contribution is -2.50. The van der Waals surface area contributed by atoms with E-state index in [4.69, 9.17) is 0 Å². The van der Waals surface area contributed by atoms with E-state index in [1.807, 2.05) is 6.92 Å². The second-order valence-electron chi connectivity index (χ2n) is 7.60. The summed E-state index contributed by atoms with van der Waals surface area (Å²) < 4.78 is 0. The summed E-state index contributed by atoms with van der Waals surface area (Å²) in [5, 5.41) is 12.9. The quantitative estimate of drug-likeness (QED) is 0.332. The Labute approximate surface area is 157 Å². The van der Waals surface area contributed by atoms with Crippen LogP contribution in [0.2, 0.25) is 0 Å². The molecule has 0 aliphatic heterocycles. The lowest BCUT2D eigenvalue weighted by Gasteiger charge is -2.29. The first-order valence-corrected chi connectivity index (χ1v) is 9.81. The third kappa shape index (κ3) is 7.72. The molecular weight excluding hydrogens is 334 g/mol. The van der Waals surface area contributed by atoms with Gasteiger partial charge in [0.05, 0.1) is 12.5 Å². The first kappa shape index (κ1) is 22.4. The van der Waals surface area contributed by atoms with Crippen molar-refractivity contribution < 1.29 is 19.6 Å². The number of nitrogens with one attached hydrogen (secondary N) is 1. The van der Waals surface area contributed by atoms with Crippen LogP contribution >= 0.6 is 0 Å². The predicted octanol–water partition coefficient (Wildman–Crippen LogP) is 2.18. The number of amides is 3. The van der Waals surface area contributed by atoms with Gasteiger partial charge in [-0.15, -0.1) is 0 Å². The Morgan fingerprint density at radius 3 is 2.42 bits per heavy atom. The zero-order valence-electron chi connectivity index (χ0n) is 16.4. The average molecular weight is 370 g/mol. The molecule has 1 aliphatic rings. The molecule has 0 saturated heterocycles. The van der Waals surface area contributed by atoms with Gasteiger partial charge in [-0.25, -0.2) is 5.06 Å². The molecule has 2 atom stereocenters. The van der Waals surface area contributed by atoms with Gasteiger partial charge in [0.2, 0.25) is 18.2 Å². The second kappa shape index (κ2) is 11.9. The van der Waals surface area contributed by atoms with Crippen LogP contribution in [0.1, 0.15) is 64.7 Å². The number of carbonyl (C=O) groups is 3. The van der Waals surface area contributed by atoms with Crippen LogP contribution in [-0.4, -0.2) is 60.1 Å². The third-order valence-corrected chi connectivity index (χ3v) is 5.16. The largest absolute Gasteiger partial charge is 0.347 e. The van der Waals surface area contributed by atoms with Gasteiger partial charge in [0, 0.05) is 14.1 Å². The van der Waals surface area contributed by atoms with Gasteiger partial charge in [0.15, 0.2) is 0 Å². The summed E-state index contributed by atoms with van der Waals surface area (Å²) >= 11 is 0. The minimum absolute atomic E-state index is 0.0539. The molecule has 0 spiro atoms. The van der Waals surface area contributed by atoms with Crippen LogP contribution in [0.25, 0.3) is 0 Å². The molecule has 0 aromatic heterocycles. The maximum absolute atomic E-state index is 12.7. The van der Waals surface area contributed by atoms with E-state index in [0.29, 0.717) is 30.2 Å². The normalized spacial score (nSPS) is 17.2. The highest BCUT2D eigenvalue weighted by atomic mass is 16.5. The van der Waals surface area contributed by atoms with Crippen molar-refractivity contribution in [1.29, 1.82) is 0 Å². The van der Waals surface area contributed by atoms with Gasteiger partial charge >= 0.3 is 0 Å². The smallest absolute Gasteiger partial charge is 0.244 e. The number of hydrogen-bond donors (Lipinski definition) is 2. The highest BCUT2D eigenvalue weighted by Crippen LogP contribution is 2.27. The third-order valence-electron chi connectivity index (χ3n) is 5.16. The van der Waals surface area contributed by atoms with Crippen LogP contribution in [0.15, 0.2) is 0 Å². The molecule has 2 N–H and O–H groups in total. The number of hydroxylamine groups is 2. The van der Waals surface area contributed by atoms with Crippen LogP contribution in [0.5, 0.6) is 0 Å². The Morgan fingerprint density at radius 2 is 1.88 bits per heavy atom. The summed E-state index contributed by atoms with van der Waals surface area (Å²) in [5.74, 6) is -0.435. The summed E-state index contributed by atoms with van der Waals surface area (Å²) in [4.78, 5) is 37.5. The summed E-state index contributed by atoms with van der Waals surface area (Å²) in [6, 6.07) is -0.548. The molecule has 26 heavy (non-hydrogen) atoms. The average Bonchev–Trinajstić information content (AvgIpc) is 2.64. The molecule has 1 aliphatic carbocycles. The Morgan fingerprint density at radius 1 is 1.23 bits per heavy atom. The second-order valence-corrected chi connectivity index (χ2v) is 7.60. The van der Waals surface area contributed by atoms with E-state index in [-0.39, 0.29) is 18.4 Å². The van der Waals surface area contributed by atoms with Gasteiger partial charge in [-0.3, -0.25) is 19.6 Å². The van der Waals surface area contributed by atoms with Gasteiger partial charge < -0.3 is 10.2 Å². The Bertz CT molecular complexity index is 450. The highest BCUT2D eigenvalue weighted by Gasteiger charge is 2.30. The van der Waals surface area contributed by atoms with Crippen molar-refractivity contribution in [1.82, 2.24) is 15.3 Å². The molecule has 0 heterocycles. The van der Waals surface area contributed by atoms with E-state index in [0.717, 1.165) is 25.7 Å². The van der Waals surface area contributed by atoms with Gasteiger partial charge in [-0.2, -0.15) is 0 Å². The Hall–Kier alpha value is -1.63. The van der Waals surface area contributed by atoms with Crippen molar-refractivity contribution >= 4 is 18.2 Å². The van der Waals surface area contributed by atoms with Gasteiger partial charge in [-0.05, 0) is 18.8 Å². The summed E-state index contributed by atoms with van der Waals surface area (Å²) in [5.41, 5.74) is 0. The number of likely N-dealkylation sites (N-methyl/N-ethyl adjacent to an activating group) is 1. The topological polar surface area (TPSA) is 90.0 Å². The number of rotatable bonds is 11. The van der Waals surface area contributed by atoms with E-state index < -0.39 is 12.0 Å². The zero-order valence-corrected chi connectivity index (χ0v) is 16.4. The van der Waals surface area contributed by atoms with Crippen LogP contribution in [-0.2, 0) is 14.4 Å². The number of carbonyl (C=O) groups excluding carboxylic acids is 3. The molecule has 0 aromatic carbocycles. The molecule has 7 nitrogen and oxygen atoms in total. The van der Waals surface area contributed by atoms with Crippen molar-refractivity contribution in [3.05, 3.63) is 0 Å². The molecule has 1 fully saturated rings. The molecule has 1 rings (SSSR count). The van der Waals surface area contributed by atoms with Crippen molar-refractivity contribution in [2.45, 2.75) is 70.8 Å². The van der Waals surface area contributed by atoms with Crippen molar-refractivity contribution in [3.8, 4) is 0 Å². The van der Waals surface area contributed by atoms with Gasteiger partial charge in [-0.1, -0.05) is 51.9 Å². The minimum atomic E-state index is -0.548. The van der Waals surface area contributed by atoms with Crippen molar-refractivity contribution in [2.24, 2.45) is 11.8 Å². The zero-order chi connectivity index (χ0) is 19.5.